The zero-order valence-electron chi connectivity index (χ0n) is 5.38. The first kappa shape index (κ1) is 5.24. The van der Waals surface area contributed by atoms with Crippen molar-refractivity contribution in [3.05, 3.63) is 24.3 Å². The highest BCUT2D eigenvalue weighted by molar-refractivity contribution is 5.18. The van der Waals surface area contributed by atoms with Gasteiger partial charge < -0.3 is 5.32 Å². The van der Waals surface area contributed by atoms with E-state index >= 15 is 0 Å². The lowest BCUT2D eigenvalue weighted by Gasteiger charge is -2.13. The molecule has 1 unspecified atom stereocenters. The first-order valence-electron chi connectivity index (χ1n) is 3.55. The SMILES string of the molecule is C1=CC2CCN[C@H]2C=C1. The topological polar surface area (TPSA) is 12.0 Å². The van der Waals surface area contributed by atoms with Crippen LogP contribution in [-0.4, -0.2) is 12.6 Å². The molecule has 2 rings (SSSR count). The summed E-state index contributed by atoms with van der Waals surface area (Å²) >= 11 is 0. The predicted octanol–water partition coefficient (Wildman–Crippen LogP) is 1.09. The van der Waals surface area contributed by atoms with Gasteiger partial charge in [0.1, 0.15) is 0 Å². The fraction of sp³-hybridized carbons (Fsp3) is 0.500. The number of allylic oxidation sites excluding steroid dienone is 2. The summed E-state index contributed by atoms with van der Waals surface area (Å²) < 4.78 is 0. The summed E-state index contributed by atoms with van der Waals surface area (Å²) in [5.74, 6) is 0.787. The molecule has 1 aliphatic carbocycles. The Morgan fingerprint density at radius 1 is 1.22 bits per heavy atom. The highest BCUT2D eigenvalue weighted by Gasteiger charge is 2.22. The number of rotatable bonds is 0. The lowest BCUT2D eigenvalue weighted by atomic mass is 9.97. The molecule has 1 heteroatoms. The smallest absolute Gasteiger partial charge is 0.0316 e. The van der Waals surface area contributed by atoms with Gasteiger partial charge in [0.2, 0.25) is 0 Å². The Labute approximate surface area is 55.5 Å². The lowest BCUT2D eigenvalue weighted by Crippen LogP contribution is -2.24. The molecule has 0 aromatic carbocycles. The average molecular weight is 121 g/mol. The molecule has 1 fully saturated rings. The number of nitrogens with one attached hydrogen (secondary N) is 1. The van der Waals surface area contributed by atoms with E-state index in [1.165, 1.54) is 13.0 Å². The molecule has 48 valence electrons. The van der Waals surface area contributed by atoms with Gasteiger partial charge in [0.15, 0.2) is 0 Å². The Bertz CT molecular complexity index is 140. The molecule has 0 amide bonds. The van der Waals surface area contributed by atoms with Crippen LogP contribution in [0.25, 0.3) is 0 Å². The second kappa shape index (κ2) is 1.99. The van der Waals surface area contributed by atoms with E-state index < -0.39 is 0 Å². The normalized spacial score (nSPS) is 39.1. The van der Waals surface area contributed by atoms with Crippen molar-refractivity contribution in [3.63, 3.8) is 0 Å². The van der Waals surface area contributed by atoms with E-state index in [1.54, 1.807) is 0 Å². The van der Waals surface area contributed by atoms with Gasteiger partial charge in [-0.15, -0.1) is 0 Å². The lowest BCUT2D eigenvalue weighted by molar-refractivity contribution is 0.613. The van der Waals surface area contributed by atoms with Crippen LogP contribution in [0.4, 0.5) is 0 Å². The van der Waals surface area contributed by atoms with Crippen LogP contribution in [0.3, 0.4) is 0 Å². The first-order chi connectivity index (χ1) is 4.47. The van der Waals surface area contributed by atoms with Crippen LogP contribution in [-0.2, 0) is 0 Å². The largest absolute Gasteiger partial charge is 0.310 e. The molecule has 0 radical (unpaired) electrons. The zero-order chi connectivity index (χ0) is 6.10. The Balaban J connectivity index is 2.18. The maximum absolute atomic E-state index is 3.42. The molecule has 0 aromatic rings. The van der Waals surface area contributed by atoms with Gasteiger partial charge in [0, 0.05) is 6.04 Å². The molecule has 2 atom stereocenters. The molecule has 1 heterocycles. The minimum atomic E-state index is 0.648. The number of hydrogen-bond donors (Lipinski definition) is 1. The summed E-state index contributed by atoms with van der Waals surface area (Å²) in [6, 6.07) is 0.648. The van der Waals surface area contributed by atoms with Gasteiger partial charge in [-0.3, -0.25) is 0 Å². The van der Waals surface area contributed by atoms with Gasteiger partial charge in [-0.05, 0) is 18.9 Å². The molecule has 0 saturated carbocycles. The van der Waals surface area contributed by atoms with Crippen LogP contribution in [0.2, 0.25) is 0 Å². The Morgan fingerprint density at radius 2 is 2.11 bits per heavy atom. The van der Waals surface area contributed by atoms with Crippen molar-refractivity contribution < 1.29 is 0 Å². The quantitative estimate of drug-likeness (QED) is 0.506. The van der Waals surface area contributed by atoms with Gasteiger partial charge in [-0.1, -0.05) is 24.3 Å². The van der Waals surface area contributed by atoms with Gasteiger partial charge >= 0.3 is 0 Å². The Hall–Kier alpha value is -0.560. The minimum Gasteiger partial charge on any atom is -0.310 e. The van der Waals surface area contributed by atoms with Crippen molar-refractivity contribution in [3.8, 4) is 0 Å². The molecule has 1 N–H and O–H groups in total. The Kier molecular flexibility index (Phi) is 1.16. The maximum atomic E-state index is 3.42. The molecule has 1 aliphatic heterocycles. The summed E-state index contributed by atoms with van der Waals surface area (Å²) in [7, 11) is 0. The molecular weight excluding hydrogens is 110 g/mol. The van der Waals surface area contributed by atoms with Crippen molar-refractivity contribution in [1.82, 2.24) is 5.32 Å². The van der Waals surface area contributed by atoms with Crippen molar-refractivity contribution >= 4 is 0 Å². The average Bonchev–Trinajstić information content (AvgIpc) is 2.33. The molecule has 1 saturated heterocycles. The highest BCUT2D eigenvalue weighted by atomic mass is 14.9. The molecule has 2 aliphatic rings. The number of fused-ring (bicyclic) bond motifs is 1. The molecule has 9 heavy (non-hydrogen) atoms. The molecular formula is C8H11N. The molecule has 1 nitrogen and oxygen atoms in total. The minimum absolute atomic E-state index is 0.648. The van der Waals surface area contributed by atoms with Gasteiger partial charge in [0.05, 0.1) is 0 Å². The fourth-order valence-corrected chi connectivity index (χ4v) is 1.57. The van der Waals surface area contributed by atoms with E-state index in [0.29, 0.717) is 6.04 Å². The van der Waals surface area contributed by atoms with E-state index in [9.17, 15) is 0 Å². The van der Waals surface area contributed by atoms with Crippen LogP contribution in [0.15, 0.2) is 24.3 Å². The third-order valence-corrected chi connectivity index (χ3v) is 2.11. The van der Waals surface area contributed by atoms with Crippen molar-refractivity contribution in [2.24, 2.45) is 5.92 Å². The van der Waals surface area contributed by atoms with E-state index in [0.717, 1.165) is 5.92 Å². The molecule has 0 bridgehead atoms. The first-order valence-corrected chi connectivity index (χ1v) is 3.55. The summed E-state index contributed by atoms with van der Waals surface area (Å²) in [6.45, 7) is 1.18. The van der Waals surface area contributed by atoms with Crippen LogP contribution >= 0.6 is 0 Å². The second-order valence-electron chi connectivity index (χ2n) is 2.70. The molecule has 0 spiro atoms. The van der Waals surface area contributed by atoms with Crippen molar-refractivity contribution in [2.75, 3.05) is 6.54 Å². The van der Waals surface area contributed by atoms with Gasteiger partial charge in [0.25, 0.3) is 0 Å². The van der Waals surface area contributed by atoms with E-state index in [1.807, 2.05) is 0 Å². The zero-order valence-corrected chi connectivity index (χ0v) is 5.38. The predicted molar refractivity (Wildman–Crippen MR) is 38.2 cm³/mol. The third kappa shape index (κ3) is 0.815. The Morgan fingerprint density at radius 3 is 3.00 bits per heavy atom. The standard InChI is InChI=1S/C8H11N/c1-2-4-8-7(3-1)5-6-9-8/h1-4,7-9H,5-6H2/t7?,8-/m0/s1. The summed E-state index contributed by atoms with van der Waals surface area (Å²) in [5, 5.41) is 3.42. The van der Waals surface area contributed by atoms with Crippen LogP contribution in [0, 0.1) is 5.92 Å². The van der Waals surface area contributed by atoms with Crippen LogP contribution in [0.1, 0.15) is 6.42 Å². The highest BCUT2D eigenvalue weighted by Crippen LogP contribution is 2.20. The van der Waals surface area contributed by atoms with E-state index in [-0.39, 0.29) is 0 Å². The molecule has 0 aromatic heterocycles. The van der Waals surface area contributed by atoms with Gasteiger partial charge in [-0.25, -0.2) is 0 Å². The summed E-state index contributed by atoms with van der Waals surface area (Å²) in [5.41, 5.74) is 0. The third-order valence-electron chi connectivity index (χ3n) is 2.11. The van der Waals surface area contributed by atoms with E-state index in [4.69, 9.17) is 0 Å². The second-order valence-corrected chi connectivity index (χ2v) is 2.70. The van der Waals surface area contributed by atoms with Crippen LogP contribution in [0.5, 0.6) is 0 Å². The number of hydrogen-bond acceptors (Lipinski definition) is 1. The van der Waals surface area contributed by atoms with Crippen molar-refractivity contribution in [2.45, 2.75) is 12.5 Å². The summed E-state index contributed by atoms with van der Waals surface area (Å²) in [6.07, 6.45) is 10.1. The monoisotopic (exact) mass is 121 g/mol. The summed E-state index contributed by atoms with van der Waals surface area (Å²) in [4.78, 5) is 0. The van der Waals surface area contributed by atoms with Crippen LogP contribution < -0.4 is 5.32 Å². The van der Waals surface area contributed by atoms with Crippen molar-refractivity contribution in [1.29, 1.82) is 0 Å². The van der Waals surface area contributed by atoms with E-state index in [2.05, 4.69) is 29.6 Å². The van der Waals surface area contributed by atoms with Gasteiger partial charge in [-0.2, -0.15) is 0 Å². The fourth-order valence-electron chi connectivity index (χ4n) is 1.57. The maximum Gasteiger partial charge on any atom is 0.0316 e.